The summed E-state index contributed by atoms with van der Waals surface area (Å²) in [6.07, 6.45) is 0.766. The lowest BCUT2D eigenvalue weighted by molar-refractivity contribution is -0.144. The quantitative estimate of drug-likeness (QED) is 0.250. The van der Waals surface area contributed by atoms with E-state index in [0.29, 0.717) is 30.4 Å². The monoisotopic (exact) mass is 530 g/mol. The summed E-state index contributed by atoms with van der Waals surface area (Å²) < 4.78 is 0. The number of nitrogens with one attached hydrogen (secondary N) is 2. The highest BCUT2D eigenvalue weighted by molar-refractivity contribution is 5.93. The number of hydrogen-bond acceptors (Lipinski definition) is 7. The van der Waals surface area contributed by atoms with Crippen LogP contribution in [0.25, 0.3) is 0 Å². The third kappa shape index (κ3) is 8.82. The summed E-state index contributed by atoms with van der Waals surface area (Å²) in [5, 5.41) is 43.4. The molecular weight excluding hydrogens is 492 g/mol. The lowest BCUT2D eigenvalue weighted by atomic mass is 9.85. The molecule has 2 rings (SSSR count). The molecule has 38 heavy (non-hydrogen) atoms. The molecule has 1 aromatic rings. The predicted molar refractivity (Wildman–Crippen MR) is 137 cm³/mol. The summed E-state index contributed by atoms with van der Waals surface area (Å²) in [6, 6.07) is 5.67. The van der Waals surface area contributed by atoms with Gasteiger partial charge in [-0.15, -0.1) is 0 Å². The predicted octanol–water partition coefficient (Wildman–Crippen LogP) is 1.24. The van der Waals surface area contributed by atoms with Gasteiger partial charge in [-0.2, -0.15) is 5.26 Å². The first-order valence-corrected chi connectivity index (χ1v) is 12.8. The Hall–Kier alpha value is -3.49. The van der Waals surface area contributed by atoms with Gasteiger partial charge in [-0.25, -0.2) is 0 Å². The Morgan fingerprint density at radius 1 is 1.08 bits per heavy atom. The zero-order valence-corrected chi connectivity index (χ0v) is 22.1. The molecule has 11 heteroatoms. The molecule has 0 spiro atoms. The Balaban J connectivity index is 2.10. The minimum absolute atomic E-state index is 0.0114. The number of aliphatic hydroxyl groups is 2. The molecule has 0 aromatic heterocycles. The summed E-state index contributed by atoms with van der Waals surface area (Å²) >= 11 is 0. The van der Waals surface area contributed by atoms with Crippen LogP contribution in [0.3, 0.4) is 0 Å². The average Bonchev–Trinajstić information content (AvgIpc) is 3.26. The fourth-order valence-corrected chi connectivity index (χ4v) is 4.38. The van der Waals surface area contributed by atoms with Crippen molar-refractivity contribution in [3.05, 3.63) is 35.4 Å². The summed E-state index contributed by atoms with van der Waals surface area (Å²) in [5.41, 5.74) is 0.322. The molecule has 2 unspecified atom stereocenters. The van der Waals surface area contributed by atoms with Gasteiger partial charge >= 0.3 is 5.97 Å². The number of carboxylic acid groups (broad SMARTS) is 1. The van der Waals surface area contributed by atoms with Crippen molar-refractivity contribution in [2.24, 2.45) is 5.41 Å². The molecule has 0 bridgehead atoms. The van der Waals surface area contributed by atoms with E-state index >= 15 is 0 Å². The fourth-order valence-electron chi connectivity index (χ4n) is 4.38. The van der Waals surface area contributed by atoms with Gasteiger partial charge in [0.2, 0.25) is 17.7 Å². The fraction of sp³-hybridized carbons (Fsp3) is 0.593. The van der Waals surface area contributed by atoms with Crippen molar-refractivity contribution in [3.8, 4) is 6.07 Å². The van der Waals surface area contributed by atoms with E-state index in [1.165, 1.54) is 4.90 Å². The topological polar surface area (TPSA) is 180 Å². The second-order valence-corrected chi connectivity index (χ2v) is 10.7. The molecule has 1 saturated heterocycles. The number of carbonyl (C=O) groups is 4. The Morgan fingerprint density at radius 2 is 1.71 bits per heavy atom. The van der Waals surface area contributed by atoms with Crippen LogP contribution in [0, 0.1) is 16.7 Å². The number of unbranched alkanes of at least 4 members (excludes halogenated alkanes) is 2. The maximum atomic E-state index is 13.6. The van der Waals surface area contributed by atoms with Gasteiger partial charge in [0.25, 0.3) is 0 Å². The number of carboxylic acids is 1. The van der Waals surface area contributed by atoms with Crippen molar-refractivity contribution < 1.29 is 34.5 Å². The first-order chi connectivity index (χ1) is 17.9. The molecular formula is C27H38N4O7. The first kappa shape index (κ1) is 30.7. The molecule has 1 aliphatic rings. The molecule has 0 aliphatic carbocycles. The van der Waals surface area contributed by atoms with Gasteiger partial charge < -0.3 is 30.9 Å². The van der Waals surface area contributed by atoms with E-state index < -0.39 is 54.0 Å². The van der Waals surface area contributed by atoms with Crippen molar-refractivity contribution >= 4 is 23.7 Å². The molecule has 1 aliphatic heterocycles. The highest BCUT2D eigenvalue weighted by atomic mass is 16.4. The van der Waals surface area contributed by atoms with E-state index in [-0.39, 0.29) is 31.7 Å². The van der Waals surface area contributed by atoms with Gasteiger partial charge in [0, 0.05) is 25.8 Å². The molecule has 0 saturated carbocycles. The van der Waals surface area contributed by atoms with Crippen molar-refractivity contribution in [2.45, 2.75) is 83.5 Å². The highest BCUT2D eigenvalue weighted by Crippen LogP contribution is 2.27. The van der Waals surface area contributed by atoms with Crippen LogP contribution < -0.4 is 10.6 Å². The maximum Gasteiger partial charge on any atom is 0.303 e. The zero-order chi connectivity index (χ0) is 28.5. The van der Waals surface area contributed by atoms with Gasteiger partial charge in [0.15, 0.2) is 0 Å². The van der Waals surface area contributed by atoms with Crippen molar-refractivity contribution in [1.29, 1.82) is 5.26 Å². The van der Waals surface area contributed by atoms with E-state index in [2.05, 4.69) is 10.6 Å². The van der Waals surface area contributed by atoms with E-state index in [1.807, 2.05) is 6.07 Å². The van der Waals surface area contributed by atoms with E-state index in [9.17, 15) is 29.4 Å². The molecule has 11 nitrogen and oxygen atoms in total. The maximum absolute atomic E-state index is 13.6. The molecule has 0 radical (unpaired) electrons. The Morgan fingerprint density at radius 3 is 2.26 bits per heavy atom. The van der Waals surface area contributed by atoms with Crippen LogP contribution in [0.2, 0.25) is 0 Å². The molecule has 208 valence electrons. The Labute approximate surface area is 222 Å². The number of nitriles is 1. The van der Waals surface area contributed by atoms with Gasteiger partial charge in [0.1, 0.15) is 12.1 Å². The summed E-state index contributed by atoms with van der Waals surface area (Å²) in [5.74, 6) is -2.28. The number of nitrogens with zero attached hydrogens (tertiary/aromatic N) is 2. The van der Waals surface area contributed by atoms with Gasteiger partial charge in [-0.05, 0) is 36.0 Å². The highest BCUT2D eigenvalue weighted by Gasteiger charge is 2.44. The van der Waals surface area contributed by atoms with Crippen molar-refractivity contribution in [1.82, 2.24) is 15.5 Å². The number of amides is 3. The summed E-state index contributed by atoms with van der Waals surface area (Å²) in [7, 11) is 0. The Bertz CT molecular complexity index is 1030. The SMILES string of the molecule is CC(C)(C)C(NC(=O)CCCCCC(=O)O)C(=O)N1C[C@H](O)C[C@H]1C(=O)NC(CO)c1ccc(C#N)cc1. The number of β-amino-alcohol motifs (C(OH)–C–C–N with tert-alkyl or cyclic N) is 1. The van der Waals surface area contributed by atoms with Crippen LogP contribution in [0.1, 0.15) is 76.5 Å². The van der Waals surface area contributed by atoms with Gasteiger partial charge in [-0.3, -0.25) is 19.2 Å². The summed E-state index contributed by atoms with van der Waals surface area (Å²) in [6.45, 7) is 4.88. The van der Waals surface area contributed by atoms with E-state index in [0.717, 1.165) is 0 Å². The Kier molecular flexibility index (Phi) is 11.2. The van der Waals surface area contributed by atoms with Crippen molar-refractivity contribution in [2.75, 3.05) is 13.2 Å². The third-order valence-electron chi connectivity index (χ3n) is 6.52. The number of aliphatic hydroxyl groups excluding tert-OH is 2. The average molecular weight is 531 g/mol. The number of benzene rings is 1. The van der Waals surface area contributed by atoms with Gasteiger partial charge in [-0.1, -0.05) is 39.3 Å². The molecule has 1 fully saturated rings. The molecule has 1 aromatic carbocycles. The minimum atomic E-state index is -0.997. The molecule has 3 amide bonds. The van der Waals surface area contributed by atoms with Crippen LogP contribution >= 0.6 is 0 Å². The standard InChI is InChI=1S/C27H38N4O7/c1-27(2,3)24(30-22(34)7-5-4-6-8-23(35)36)26(38)31-15-19(33)13-21(31)25(37)29-20(16-32)18-11-9-17(14-28)10-12-18/h9-12,19-21,24,32-33H,4-8,13,15-16H2,1-3H3,(H,29,37)(H,30,34)(H,35,36)/t19-,20?,21+,24?/m1/s1. The van der Waals surface area contributed by atoms with Crippen LogP contribution in [0.4, 0.5) is 0 Å². The number of likely N-dealkylation sites (tertiary alicyclic amines) is 1. The van der Waals surface area contributed by atoms with Crippen LogP contribution in [0.15, 0.2) is 24.3 Å². The minimum Gasteiger partial charge on any atom is -0.481 e. The zero-order valence-electron chi connectivity index (χ0n) is 22.1. The lowest BCUT2D eigenvalue weighted by Gasteiger charge is -2.35. The largest absolute Gasteiger partial charge is 0.481 e. The van der Waals surface area contributed by atoms with E-state index in [4.69, 9.17) is 10.4 Å². The van der Waals surface area contributed by atoms with Crippen LogP contribution in [-0.2, 0) is 19.2 Å². The second kappa shape index (κ2) is 13.9. The number of carbonyl (C=O) groups excluding carboxylic acids is 3. The lowest BCUT2D eigenvalue weighted by Crippen LogP contribution is -2.58. The molecule has 1 heterocycles. The van der Waals surface area contributed by atoms with Gasteiger partial charge in [0.05, 0.1) is 30.4 Å². The van der Waals surface area contributed by atoms with Crippen LogP contribution in [0.5, 0.6) is 0 Å². The normalized spacial score (nSPS) is 18.8. The summed E-state index contributed by atoms with van der Waals surface area (Å²) in [4.78, 5) is 51.3. The first-order valence-electron chi connectivity index (χ1n) is 12.8. The van der Waals surface area contributed by atoms with Crippen molar-refractivity contribution in [3.63, 3.8) is 0 Å². The van der Waals surface area contributed by atoms with Crippen LogP contribution in [-0.4, -0.2) is 75.2 Å². The van der Waals surface area contributed by atoms with E-state index in [1.54, 1.807) is 45.0 Å². The molecule has 4 atom stereocenters. The second-order valence-electron chi connectivity index (χ2n) is 10.7. The smallest absolute Gasteiger partial charge is 0.303 e. The third-order valence-corrected chi connectivity index (χ3v) is 6.52. The molecule has 5 N–H and O–H groups in total. The number of rotatable bonds is 12. The number of hydrogen-bond donors (Lipinski definition) is 5. The number of aliphatic carboxylic acids is 1.